The third-order valence-corrected chi connectivity index (χ3v) is 8.43. The van der Waals surface area contributed by atoms with Gasteiger partial charge in [0.1, 0.15) is 0 Å². The SMILES string of the molecule is CCC(=O)Nc1ccc(S(=O)(=O)NCC2CCN(C3CCSC3)CC2)c(C)c1. The molecule has 2 saturated heterocycles. The van der Waals surface area contributed by atoms with Gasteiger partial charge in [-0.3, -0.25) is 9.69 Å². The number of carbonyl (C=O) groups is 1. The molecule has 0 bridgehead atoms. The van der Waals surface area contributed by atoms with Gasteiger partial charge in [-0.05, 0) is 74.7 Å². The van der Waals surface area contributed by atoms with Crippen LogP contribution in [0.4, 0.5) is 5.69 Å². The van der Waals surface area contributed by atoms with Crippen molar-refractivity contribution in [3.05, 3.63) is 23.8 Å². The molecule has 1 unspecified atom stereocenters. The van der Waals surface area contributed by atoms with Gasteiger partial charge in [0.05, 0.1) is 4.90 Å². The van der Waals surface area contributed by atoms with Gasteiger partial charge in [-0.2, -0.15) is 11.8 Å². The van der Waals surface area contributed by atoms with Gasteiger partial charge in [-0.25, -0.2) is 13.1 Å². The van der Waals surface area contributed by atoms with E-state index in [-0.39, 0.29) is 10.8 Å². The molecule has 0 radical (unpaired) electrons. The number of anilines is 1. The molecule has 28 heavy (non-hydrogen) atoms. The van der Waals surface area contributed by atoms with Crippen LogP contribution in [-0.4, -0.2) is 56.4 Å². The van der Waals surface area contributed by atoms with Crippen LogP contribution in [0.1, 0.15) is 38.2 Å². The van der Waals surface area contributed by atoms with Crippen molar-refractivity contribution in [3.63, 3.8) is 0 Å². The smallest absolute Gasteiger partial charge is 0.240 e. The van der Waals surface area contributed by atoms with Crippen LogP contribution < -0.4 is 10.0 Å². The Balaban J connectivity index is 1.53. The molecule has 0 spiro atoms. The second-order valence-electron chi connectivity index (χ2n) is 7.73. The van der Waals surface area contributed by atoms with Crippen molar-refractivity contribution in [1.29, 1.82) is 0 Å². The maximum Gasteiger partial charge on any atom is 0.240 e. The molecule has 8 heteroatoms. The molecule has 6 nitrogen and oxygen atoms in total. The van der Waals surface area contributed by atoms with Crippen LogP contribution in [0.3, 0.4) is 0 Å². The van der Waals surface area contributed by atoms with E-state index in [1.165, 1.54) is 17.9 Å². The first-order chi connectivity index (χ1) is 13.4. The number of thioether (sulfide) groups is 1. The molecular formula is C20H31N3O3S2. The number of hydrogen-bond acceptors (Lipinski definition) is 5. The van der Waals surface area contributed by atoms with Crippen molar-refractivity contribution in [2.24, 2.45) is 5.92 Å². The Morgan fingerprint density at radius 1 is 1.25 bits per heavy atom. The van der Waals surface area contributed by atoms with E-state index in [0.29, 0.717) is 30.1 Å². The first kappa shape index (κ1) is 21.6. The lowest BCUT2D eigenvalue weighted by atomic mass is 9.96. The van der Waals surface area contributed by atoms with Gasteiger partial charge >= 0.3 is 0 Å². The third-order valence-electron chi connectivity index (χ3n) is 5.70. The Kier molecular flexibility index (Phi) is 7.42. The number of nitrogens with one attached hydrogen (secondary N) is 2. The number of piperidine rings is 1. The monoisotopic (exact) mass is 425 g/mol. The molecule has 1 aromatic rings. The highest BCUT2D eigenvalue weighted by molar-refractivity contribution is 7.99. The maximum atomic E-state index is 12.7. The highest BCUT2D eigenvalue weighted by atomic mass is 32.2. The Morgan fingerprint density at radius 3 is 2.61 bits per heavy atom. The number of carbonyl (C=O) groups excluding carboxylic acids is 1. The molecule has 1 aromatic carbocycles. The summed E-state index contributed by atoms with van der Waals surface area (Å²) in [4.78, 5) is 14.4. The number of hydrogen-bond donors (Lipinski definition) is 2. The van der Waals surface area contributed by atoms with E-state index in [9.17, 15) is 13.2 Å². The highest BCUT2D eigenvalue weighted by Gasteiger charge is 2.28. The Hall–Kier alpha value is -1.09. The van der Waals surface area contributed by atoms with E-state index in [1.807, 2.05) is 11.8 Å². The molecule has 156 valence electrons. The maximum absolute atomic E-state index is 12.7. The summed E-state index contributed by atoms with van der Waals surface area (Å²) in [5.74, 6) is 2.81. The Labute approximate surface area is 172 Å². The second-order valence-corrected chi connectivity index (χ2v) is 10.6. The number of benzene rings is 1. The average Bonchev–Trinajstić information content (AvgIpc) is 3.21. The lowest BCUT2D eigenvalue weighted by molar-refractivity contribution is -0.115. The fourth-order valence-electron chi connectivity index (χ4n) is 3.92. The van der Waals surface area contributed by atoms with Crippen molar-refractivity contribution in [3.8, 4) is 0 Å². The van der Waals surface area contributed by atoms with Gasteiger partial charge < -0.3 is 5.32 Å². The molecule has 0 saturated carbocycles. The number of sulfonamides is 1. The highest BCUT2D eigenvalue weighted by Crippen LogP contribution is 2.27. The first-order valence-electron chi connectivity index (χ1n) is 10.1. The van der Waals surface area contributed by atoms with Gasteiger partial charge in [0, 0.05) is 30.4 Å². The first-order valence-corrected chi connectivity index (χ1v) is 12.7. The topological polar surface area (TPSA) is 78.5 Å². The van der Waals surface area contributed by atoms with Crippen LogP contribution in [-0.2, 0) is 14.8 Å². The van der Waals surface area contributed by atoms with Crippen LogP contribution in [0.25, 0.3) is 0 Å². The summed E-state index contributed by atoms with van der Waals surface area (Å²) in [7, 11) is -3.55. The summed E-state index contributed by atoms with van der Waals surface area (Å²) >= 11 is 2.04. The largest absolute Gasteiger partial charge is 0.326 e. The standard InChI is InChI=1S/C20H31N3O3S2/c1-3-20(24)22-17-4-5-19(15(2)12-17)28(25,26)21-13-16-6-9-23(10-7-16)18-8-11-27-14-18/h4-5,12,16,18,21H,3,6-11,13-14H2,1-2H3,(H,22,24). The van der Waals surface area contributed by atoms with Crippen molar-refractivity contribution < 1.29 is 13.2 Å². The predicted octanol–water partition coefficient (Wildman–Crippen LogP) is 2.84. The van der Waals surface area contributed by atoms with Crippen molar-refractivity contribution in [2.45, 2.75) is 50.5 Å². The van der Waals surface area contributed by atoms with E-state index in [0.717, 1.165) is 32.0 Å². The predicted molar refractivity (Wildman–Crippen MR) is 115 cm³/mol. The minimum Gasteiger partial charge on any atom is -0.326 e. The van der Waals surface area contributed by atoms with E-state index in [1.54, 1.807) is 32.0 Å². The van der Waals surface area contributed by atoms with E-state index < -0.39 is 10.0 Å². The van der Waals surface area contributed by atoms with Gasteiger partial charge in [-0.1, -0.05) is 6.92 Å². The molecule has 1 amide bonds. The lowest BCUT2D eigenvalue weighted by Gasteiger charge is -2.35. The van der Waals surface area contributed by atoms with Crippen LogP contribution in [0.5, 0.6) is 0 Å². The fraction of sp³-hybridized carbons (Fsp3) is 0.650. The lowest BCUT2D eigenvalue weighted by Crippen LogP contribution is -2.43. The number of rotatable bonds is 7. The van der Waals surface area contributed by atoms with Crippen molar-refractivity contribution >= 4 is 33.4 Å². The van der Waals surface area contributed by atoms with Crippen LogP contribution in [0.2, 0.25) is 0 Å². The summed E-state index contributed by atoms with van der Waals surface area (Å²) < 4.78 is 28.3. The molecule has 2 fully saturated rings. The minimum atomic E-state index is -3.55. The molecular weight excluding hydrogens is 394 g/mol. The summed E-state index contributed by atoms with van der Waals surface area (Å²) in [6, 6.07) is 5.65. The fourth-order valence-corrected chi connectivity index (χ4v) is 6.51. The van der Waals surface area contributed by atoms with Crippen LogP contribution in [0, 0.1) is 12.8 Å². The Bertz CT molecular complexity index is 784. The summed E-state index contributed by atoms with van der Waals surface area (Å²) in [5, 5.41) is 2.76. The number of amides is 1. The van der Waals surface area contributed by atoms with Crippen molar-refractivity contribution in [2.75, 3.05) is 36.5 Å². The van der Waals surface area contributed by atoms with E-state index in [4.69, 9.17) is 0 Å². The molecule has 2 aliphatic heterocycles. The molecule has 3 rings (SSSR count). The second kappa shape index (κ2) is 9.61. The van der Waals surface area contributed by atoms with Gasteiger partial charge in [0.15, 0.2) is 0 Å². The van der Waals surface area contributed by atoms with Gasteiger partial charge in [0.2, 0.25) is 15.9 Å². The zero-order valence-corrected chi connectivity index (χ0v) is 18.4. The molecule has 0 aromatic heterocycles. The summed E-state index contributed by atoms with van der Waals surface area (Å²) in [5.41, 5.74) is 1.26. The number of aryl methyl sites for hydroxylation is 1. The molecule has 2 heterocycles. The third kappa shape index (κ3) is 5.49. The minimum absolute atomic E-state index is 0.0873. The molecule has 2 N–H and O–H groups in total. The Morgan fingerprint density at radius 2 is 2.00 bits per heavy atom. The number of nitrogens with zero attached hydrogens (tertiary/aromatic N) is 1. The molecule has 0 aliphatic carbocycles. The zero-order valence-electron chi connectivity index (χ0n) is 16.7. The summed E-state index contributed by atoms with van der Waals surface area (Å²) in [6.07, 6.45) is 3.77. The molecule has 2 aliphatic rings. The normalized spacial score (nSPS) is 21.7. The van der Waals surface area contributed by atoms with Crippen LogP contribution in [0.15, 0.2) is 23.1 Å². The quantitative estimate of drug-likeness (QED) is 0.702. The molecule has 1 atom stereocenters. The van der Waals surface area contributed by atoms with E-state index >= 15 is 0 Å². The zero-order chi connectivity index (χ0) is 20.1. The van der Waals surface area contributed by atoms with Crippen molar-refractivity contribution in [1.82, 2.24) is 9.62 Å². The summed E-state index contributed by atoms with van der Waals surface area (Å²) in [6.45, 7) is 6.17. The van der Waals surface area contributed by atoms with Crippen LogP contribution >= 0.6 is 11.8 Å². The number of likely N-dealkylation sites (tertiary alicyclic amines) is 1. The average molecular weight is 426 g/mol. The van der Waals surface area contributed by atoms with E-state index in [2.05, 4.69) is 14.9 Å². The van der Waals surface area contributed by atoms with Gasteiger partial charge in [-0.15, -0.1) is 0 Å². The van der Waals surface area contributed by atoms with Gasteiger partial charge in [0.25, 0.3) is 0 Å².